The summed E-state index contributed by atoms with van der Waals surface area (Å²) in [5, 5.41) is 10.1. The standard InChI is InChI=1S/C4H7NO3.CH2Cl2/c6-3-1-2-5-4(7)8;2-1-3/h3,5H,1-2H2,(H,7,8);1H2. The van der Waals surface area contributed by atoms with Gasteiger partial charge in [0.2, 0.25) is 0 Å². The summed E-state index contributed by atoms with van der Waals surface area (Å²) in [4.78, 5) is 19.2. The number of alkyl halides is 2. The van der Waals surface area contributed by atoms with E-state index >= 15 is 0 Å². The van der Waals surface area contributed by atoms with Crippen LogP contribution in [0.1, 0.15) is 6.42 Å². The second kappa shape index (κ2) is 12.2. The Bertz CT molecular complexity index is 110. The van der Waals surface area contributed by atoms with Crippen molar-refractivity contribution in [1.29, 1.82) is 0 Å². The van der Waals surface area contributed by atoms with Crippen LogP contribution in [-0.2, 0) is 4.79 Å². The highest BCUT2D eigenvalue weighted by molar-refractivity contribution is 6.40. The molecular weight excluding hydrogens is 193 g/mol. The van der Waals surface area contributed by atoms with Crippen molar-refractivity contribution in [3.63, 3.8) is 0 Å². The van der Waals surface area contributed by atoms with Crippen molar-refractivity contribution in [2.24, 2.45) is 0 Å². The fourth-order valence-corrected chi connectivity index (χ4v) is 0.238. The van der Waals surface area contributed by atoms with Crippen LogP contribution in [0, 0.1) is 0 Å². The van der Waals surface area contributed by atoms with Crippen LogP contribution in [0.15, 0.2) is 0 Å². The molecule has 1 amide bonds. The molecule has 2 N–H and O–H groups in total. The molecule has 0 heterocycles. The lowest BCUT2D eigenvalue weighted by molar-refractivity contribution is -0.107. The minimum absolute atomic E-state index is 0.194. The van der Waals surface area contributed by atoms with Crippen molar-refractivity contribution in [2.75, 3.05) is 11.9 Å². The molecule has 0 aliphatic rings. The molecule has 0 bridgehead atoms. The first kappa shape index (κ1) is 13.1. The first-order chi connectivity index (χ1) is 5.18. The molecule has 0 fully saturated rings. The van der Waals surface area contributed by atoms with Gasteiger partial charge in [-0.05, 0) is 0 Å². The second-order valence-corrected chi connectivity index (χ2v) is 2.10. The third-order valence-corrected chi connectivity index (χ3v) is 0.538. The monoisotopic (exact) mass is 201 g/mol. The zero-order chi connectivity index (χ0) is 9.11. The third kappa shape index (κ3) is 26.4. The van der Waals surface area contributed by atoms with Gasteiger partial charge in [0.25, 0.3) is 0 Å². The molecule has 0 rings (SSSR count). The maximum atomic E-state index is 9.65. The average molecular weight is 202 g/mol. The molecule has 66 valence electrons. The molecule has 11 heavy (non-hydrogen) atoms. The summed E-state index contributed by atoms with van der Waals surface area (Å²) in [7, 11) is 0. The number of nitrogens with one attached hydrogen (secondary N) is 1. The summed E-state index contributed by atoms with van der Waals surface area (Å²) in [6, 6.07) is 0. The van der Waals surface area contributed by atoms with Gasteiger partial charge in [0.1, 0.15) is 6.29 Å². The van der Waals surface area contributed by atoms with E-state index in [4.69, 9.17) is 28.3 Å². The molecule has 0 atom stereocenters. The zero-order valence-corrected chi connectivity index (χ0v) is 7.23. The molecule has 0 aromatic rings. The van der Waals surface area contributed by atoms with Crippen LogP contribution in [0.25, 0.3) is 0 Å². The molecule has 0 aliphatic carbocycles. The predicted molar refractivity (Wildman–Crippen MR) is 43.3 cm³/mol. The van der Waals surface area contributed by atoms with Crippen LogP contribution >= 0.6 is 23.2 Å². The molecule has 0 radical (unpaired) electrons. The number of carboxylic acid groups (broad SMARTS) is 1. The number of rotatable bonds is 3. The quantitative estimate of drug-likeness (QED) is 0.411. The second-order valence-electron chi connectivity index (χ2n) is 1.29. The normalized spacial score (nSPS) is 7.45. The van der Waals surface area contributed by atoms with Gasteiger partial charge in [0, 0.05) is 13.0 Å². The maximum absolute atomic E-state index is 9.65. The Kier molecular flexibility index (Phi) is 14.6. The Morgan fingerprint density at radius 1 is 1.55 bits per heavy atom. The van der Waals surface area contributed by atoms with Gasteiger partial charge in [-0.15, -0.1) is 23.2 Å². The van der Waals surface area contributed by atoms with E-state index < -0.39 is 6.09 Å². The molecule has 0 saturated carbocycles. The summed E-state index contributed by atoms with van der Waals surface area (Å²) in [6.07, 6.45) is -0.186. The van der Waals surface area contributed by atoms with Gasteiger partial charge in [-0.1, -0.05) is 0 Å². The average Bonchev–Trinajstić information content (AvgIpc) is 1.89. The predicted octanol–water partition coefficient (Wildman–Crippen LogP) is 1.26. The number of carbonyl (C=O) groups excluding carboxylic acids is 1. The fraction of sp³-hybridized carbons (Fsp3) is 0.600. The van der Waals surface area contributed by atoms with Crippen LogP contribution in [-0.4, -0.2) is 29.4 Å². The Morgan fingerprint density at radius 2 is 2.00 bits per heavy atom. The lowest BCUT2D eigenvalue weighted by Crippen LogP contribution is -2.21. The first-order valence-electron chi connectivity index (χ1n) is 2.71. The summed E-state index contributed by atoms with van der Waals surface area (Å²) >= 11 is 9.53. The van der Waals surface area contributed by atoms with Crippen molar-refractivity contribution < 1.29 is 14.7 Å². The Labute approximate surface area is 74.5 Å². The highest BCUT2D eigenvalue weighted by Gasteiger charge is 1.89. The molecule has 0 aromatic heterocycles. The van der Waals surface area contributed by atoms with Gasteiger partial charge in [-0.2, -0.15) is 0 Å². The SMILES string of the molecule is ClCCl.O=CCCNC(=O)O. The van der Waals surface area contributed by atoms with Crippen LogP contribution in [0.2, 0.25) is 0 Å². The van der Waals surface area contributed by atoms with Gasteiger partial charge in [0.05, 0.1) is 5.34 Å². The van der Waals surface area contributed by atoms with Crippen molar-refractivity contribution in [2.45, 2.75) is 6.42 Å². The van der Waals surface area contributed by atoms with Crippen LogP contribution < -0.4 is 5.32 Å². The molecule has 0 aliphatic heterocycles. The zero-order valence-electron chi connectivity index (χ0n) is 5.72. The number of amides is 1. The van der Waals surface area contributed by atoms with Gasteiger partial charge in [-0.3, -0.25) is 0 Å². The van der Waals surface area contributed by atoms with Crippen molar-refractivity contribution in [3.05, 3.63) is 0 Å². The molecule has 6 heteroatoms. The van der Waals surface area contributed by atoms with Crippen LogP contribution in [0.3, 0.4) is 0 Å². The maximum Gasteiger partial charge on any atom is 0.404 e. The van der Waals surface area contributed by atoms with E-state index in [-0.39, 0.29) is 18.3 Å². The molecule has 0 aromatic carbocycles. The highest BCUT2D eigenvalue weighted by Crippen LogP contribution is 1.73. The van der Waals surface area contributed by atoms with E-state index in [0.29, 0.717) is 6.29 Å². The summed E-state index contributed by atoms with van der Waals surface area (Å²) in [5.41, 5.74) is 0. The molecule has 0 spiro atoms. The largest absolute Gasteiger partial charge is 0.465 e. The van der Waals surface area contributed by atoms with Crippen LogP contribution in [0.5, 0.6) is 0 Å². The number of carbonyl (C=O) groups is 2. The number of hydrogen-bond donors (Lipinski definition) is 2. The van der Waals surface area contributed by atoms with Crippen molar-refractivity contribution in [1.82, 2.24) is 5.32 Å². The van der Waals surface area contributed by atoms with E-state index in [2.05, 4.69) is 0 Å². The minimum Gasteiger partial charge on any atom is -0.465 e. The van der Waals surface area contributed by atoms with Gasteiger partial charge in [-0.25, -0.2) is 4.79 Å². The fourth-order valence-electron chi connectivity index (χ4n) is 0.238. The number of halogens is 2. The topological polar surface area (TPSA) is 66.4 Å². The van der Waals surface area contributed by atoms with Crippen molar-refractivity contribution >= 4 is 35.6 Å². The van der Waals surface area contributed by atoms with Gasteiger partial charge >= 0.3 is 6.09 Å². The van der Waals surface area contributed by atoms with E-state index in [1.54, 1.807) is 0 Å². The Balaban J connectivity index is 0. The van der Waals surface area contributed by atoms with Gasteiger partial charge in [0.15, 0.2) is 0 Å². The van der Waals surface area contributed by atoms with Crippen LogP contribution in [0.4, 0.5) is 4.79 Å². The van der Waals surface area contributed by atoms with E-state index in [1.807, 2.05) is 5.32 Å². The molecular formula is C5H9Cl2NO3. The lowest BCUT2D eigenvalue weighted by Gasteiger charge is -1.91. The van der Waals surface area contributed by atoms with E-state index in [0.717, 1.165) is 0 Å². The Morgan fingerprint density at radius 3 is 2.27 bits per heavy atom. The molecule has 0 unspecified atom stereocenters. The summed E-state index contributed by atoms with van der Waals surface area (Å²) < 4.78 is 0. The number of aldehydes is 1. The number of hydrogen-bond acceptors (Lipinski definition) is 2. The first-order valence-corrected chi connectivity index (χ1v) is 3.78. The summed E-state index contributed by atoms with van der Waals surface area (Å²) in [6.45, 7) is 0.207. The van der Waals surface area contributed by atoms with Gasteiger partial charge < -0.3 is 15.2 Å². The summed E-state index contributed by atoms with van der Waals surface area (Å²) in [5.74, 6) is 0. The minimum atomic E-state index is -1.09. The lowest BCUT2D eigenvalue weighted by atomic mass is 10.5. The Hall–Kier alpha value is -0.480. The molecule has 4 nitrogen and oxygen atoms in total. The molecule has 0 saturated heterocycles. The third-order valence-electron chi connectivity index (χ3n) is 0.538. The van der Waals surface area contributed by atoms with E-state index in [1.165, 1.54) is 0 Å². The van der Waals surface area contributed by atoms with Crippen molar-refractivity contribution in [3.8, 4) is 0 Å². The highest BCUT2D eigenvalue weighted by atomic mass is 35.5. The van der Waals surface area contributed by atoms with E-state index in [9.17, 15) is 9.59 Å². The smallest absolute Gasteiger partial charge is 0.404 e.